The molecular weight excluding hydrogens is 376 g/mol. The SMILES string of the molecule is Cc1ccc(Cl)cc1NC(=O)C[C@@H]1C(=O)N(C2CC2)c2nc3ccccc3n21. The molecule has 5 rings (SSSR count). The van der Waals surface area contributed by atoms with Crippen LogP contribution in [0, 0.1) is 6.92 Å². The third kappa shape index (κ3) is 2.76. The van der Waals surface area contributed by atoms with E-state index in [1.807, 2.05) is 41.8 Å². The van der Waals surface area contributed by atoms with Crippen molar-refractivity contribution in [2.45, 2.75) is 38.3 Å². The van der Waals surface area contributed by atoms with Gasteiger partial charge in [0, 0.05) is 16.8 Å². The number of nitrogens with one attached hydrogen (secondary N) is 1. The minimum absolute atomic E-state index is 0.0475. The fourth-order valence-electron chi connectivity index (χ4n) is 3.84. The second-order valence-electron chi connectivity index (χ2n) is 7.44. The maximum absolute atomic E-state index is 13.1. The molecular formula is C21H19ClN4O2. The zero-order chi connectivity index (χ0) is 19.4. The van der Waals surface area contributed by atoms with Crippen molar-refractivity contribution in [3.8, 4) is 0 Å². The van der Waals surface area contributed by atoms with Crippen LogP contribution in [-0.4, -0.2) is 27.4 Å². The van der Waals surface area contributed by atoms with Gasteiger partial charge >= 0.3 is 0 Å². The van der Waals surface area contributed by atoms with Crippen LogP contribution in [0.5, 0.6) is 0 Å². The lowest BCUT2D eigenvalue weighted by Gasteiger charge is -2.15. The predicted octanol–water partition coefficient (Wildman–Crippen LogP) is 4.08. The van der Waals surface area contributed by atoms with Gasteiger partial charge in [-0.25, -0.2) is 4.98 Å². The summed E-state index contributed by atoms with van der Waals surface area (Å²) in [5, 5.41) is 3.46. The molecule has 1 aromatic heterocycles. The highest BCUT2D eigenvalue weighted by molar-refractivity contribution is 6.31. The molecule has 0 spiro atoms. The predicted molar refractivity (Wildman–Crippen MR) is 109 cm³/mol. The second kappa shape index (κ2) is 6.34. The number of aromatic nitrogens is 2. The fourth-order valence-corrected chi connectivity index (χ4v) is 4.01. The Labute approximate surface area is 167 Å². The Kier molecular flexibility index (Phi) is 3.91. The van der Waals surface area contributed by atoms with E-state index in [-0.39, 0.29) is 24.3 Å². The van der Waals surface area contributed by atoms with Crippen molar-refractivity contribution < 1.29 is 9.59 Å². The highest BCUT2D eigenvalue weighted by Gasteiger charge is 2.47. The van der Waals surface area contributed by atoms with Crippen LogP contribution in [0.25, 0.3) is 11.0 Å². The van der Waals surface area contributed by atoms with Gasteiger partial charge in [0.05, 0.1) is 17.5 Å². The molecule has 6 nitrogen and oxygen atoms in total. The van der Waals surface area contributed by atoms with E-state index in [9.17, 15) is 9.59 Å². The summed E-state index contributed by atoms with van der Waals surface area (Å²) in [7, 11) is 0. The highest BCUT2D eigenvalue weighted by atomic mass is 35.5. The molecule has 1 saturated carbocycles. The topological polar surface area (TPSA) is 67.2 Å². The van der Waals surface area contributed by atoms with Crippen LogP contribution in [-0.2, 0) is 9.59 Å². The molecule has 142 valence electrons. The Morgan fingerprint density at radius 2 is 2.04 bits per heavy atom. The third-order valence-corrected chi connectivity index (χ3v) is 5.63. The Balaban J connectivity index is 1.47. The average Bonchev–Trinajstić information content (AvgIpc) is 3.37. The fraction of sp³-hybridized carbons (Fsp3) is 0.286. The lowest BCUT2D eigenvalue weighted by molar-refractivity contribution is -0.124. The van der Waals surface area contributed by atoms with E-state index < -0.39 is 6.04 Å². The van der Waals surface area contributed by atoms with E-state index in [1.54, 1.807) is 17.0 Å². The minimum atomic E-state index is -0.581. The van der Waals surface area contributed by atoms with Gasteiger partial charge in [-0.2, -0.15) is 0 Å². The molecule has 28 heavy (non-hydrogen) atoms. The van der Waals surface area contributed by atoms with Crippen LogP contribution < -0.4 is 10.2 Å². The van der Waals surface area contributed by atoms with Gasteiger partial charge in [-0.3, -0.25) is 19.1 Å². The Hall–Kier alpha value is -2.86. The maximum Gasteiger partial charge on any atom is 0.253 e. The number of aryl methyl sites for hydroxylation is 1. The molecule has 7 heteroatoms. The molecule has 1 N–H and O–H groups in total. The monoisotopic (exact) mass is 394 g/mol. The number of anilines is 2. The molecule has 0 saturated heterocycles. The summed E-state index contributed by atoms with van der Waals surface area (Å²) in [5.41, 5.74) is 3.30. The molecule has 2 aliphatic rings. The first-order valence-electron chi connectivity index (χ1n) is 9.39. The zero-order valence-corrected chi connectivity index (χ0v) is 16.1. The summed E-state index contributed by atoms with van der Waals surface area (Å²) in [6, 6.07) is 12.7. The molecule has 3 aromatic rings. The number of fused-ring (bicyclic) bond motifs is 3. The molecule has 0 bridgehead atoms. The van der Waals surface area contributed by atoms with Crippen molar-refractivity contribution >= 4 is 46.1 Å². The average molecular weight is 395 g/mol. The molecule has 1 aliphatic heterocycles. The number of amides is 2. The molecule has 0 radical (unpaired) electrons. The molecule has 1 atom stereocenters. The van der Waals surface area contributed by atoms with Gasteiger partial charge in [0.25, 0.3) is 5.91 Å². The summed E-state index contributed by atoms with van der Waals surface area (Å²) in [4.78, 5) is 32.4. The molecule has 0 unspecified atom stereocenters. The van der Waals surface area contributed by atoms with Gasteiger partial charge in [-0.1, -0.05) is 29.8 Å². The number of imidazole rings is 1. The first-order valence-corrected chi connectivity index (χ1v) is 9.77. The van der Waals surface area contributed by atoms with Crippen molar-refractivity contribution in [3.63, 3.8) is 0 Å². The van der Waals surface area contributed by atoms with Crippen LogP contribution >= 0.6 is 11.6 Å². The number of halogens is 1. The molecule has 1 fully saturated rings. The van der Waals surface area contributed by atoms with Gasteiger partial charge in [-0.15, -0.1) is 0 Å². The normalized spacial score (nSPS) is 18.6. The van der Waals surface area contributed by atoms with E-state index in [2.05, 4.69) is 10.3 Å². The molecule has 2 aromatic carbocycles. The van der Waals surface area contributed by atoms with E-state index in [4.69, 9.17) is 11.6 Å². The van der Waals surface area contributed by atoms with Crippen molar-refractivity contribution in [3.05, 3.63) is 53.1 Å². The number of carbonyl (C=O) groups is 2. The van der Waals surface area contributed by atoms with Crippen LogP contribution in [0.15, 0.2) is 42.5 Å². The maximum atomic E-state index is 13.1. The van der Waals surface area contributed by atoms with E-state index in [1.165, 1.54) is 0 Å². The molecule has 1 aliphatic carbocycles. The minimum Gasteiger partial charge on any atom is -0.326 e. The summed E-state index contributed by atoms with van der Waals surface area (Å²) in [6.07, 6.45) is 2.02. The van der Waals surface area contributed by atoms with E-state index >= 15 is 0 Å². The second-order valence-corrected chi connectivity index (χ2v) is 7.87. The summed E-state index contributed by atoms with van der Waals surface area (Å²) in [5.74, 6) is 0.393. The smallest absolute Gasteiger partial charge is 0.253 e. The number of hydrogen-bond donors (Lipinski definition) is 1. The number of carbonyl (C=O) groups excluding carboxylic acids is 2. The number of para-hydroxylation sites is 2. The number of rotatable bonds is 4. The molecule has 2 heterocycles. The zero-order valence-electron chi connectivity index (χ0n) is 15.4. The van der Waals surface area contributed by atoms with E-state index in [0.29, 0.717) is 16.7 Å². The van der Waals surface area contributed by atoms with Gasteiger partial charge < -0.3 is 5.32 Å². The number of nitrogens with zero attached hydrogens (tertiary/aromatic N) is 3. The van der Waals surface area contributed by atoms with E-state index in [0.717, 1.165) is 29.4 Å². The van der Waals surface area contributed by atoms with Crippen molar-refractivity contribution in [1.82, 2.24) is 9.55 Å². The van der Waals surface area contributed by atoms with Crippen molar-refractivity contribution in [2.24, 2.45) is 0 Å². The van der Waals surface area contributed by atoms with Crippen LogP contribution in [0.2, 0.25) is 5.02 Å². The Morgan fingerprint density at radius 1 is 1.25 bits per heavy atom. The van der Waals surface area contributed by atoms with Crippen LogP contribution in [0.1, 0.15) is 30.9 Å². The van der Waals surface area contributed by atoms with Crippen molar-refractivity contribution in [2.75, 3.05) is 10.2 Å². The largest absolute Gasteiger partial charge is 0.326 e. The number of hydrogen-bond acceptors (Lipinski definition) is 3. The molecule has 2 amide bonds. The summed E-state index contributed by atoms with van der Waals surface area (Å²) in [6.45, 7) is 1.91. The van der Waals surface area contributed by atoms with Gasteiger partial charge in [-0.05, 0) is 49.6 Å². The van der Waals surface area contributed by atoms with Gasteiger partial charge in [0.1, 0.15) is 6.04 Å². The Morgan fingerprint density at radius 3 is 2.82 bits per heavy atom. The highest BCUT2D eigenvalue weighted by Crippen LogP contribution is 2.42. The Bertz CT molecular complexity index is 1120. The van der Waals surface area contributed by atoms with Crippen LogP contribution in [0.4, 0.5) is 11.6 Å². The lowest BCUT2D eigenvalue weighted by Crippen LogP contribution is -2.33. The van der Waals surface area contributed by atoms with Crippen LogP contribution in [0.3, 0.4) is 0 Å². The first kappa shape index (κ1) is 17.3. The quantitative estimate of drug-likeness (QED) is 0.725. The van der Waals surface area contributed by atoms with Gasteiger partial charge in [0.15, 0.2) is 0 Å². The lowest BCUT2D eigenvalue weighted by atomic mass is 10.1. The first-order chi connectivity index (χ1) is 13.5. The summed E-state index contributed by atoms with van der Waals surface area (Å²) >= 11 is 6.05. The summed E-state index contributed by atoms with van der Waals surface area (Å²) < 4.78 is 1.92. The van der Waals surface area contributed by atoms with Gasteiger partial charge in [0.2, 0.25) is 11.9 Å². The van der Waals surface area contributed by atoms with Crippen molar-refractivity contribution in [1.29, 1.82) is 0 Å². The third-order valence-electron chi connectivity index (χ3n) is 5.39. The number of benzene rings is 2. The standard InChI is InChI=1S/C21H19ClN4O2/c1-12-6-7-13(22)10-16(12)23-19(27)11-18-20(28)25(14-8-9-14)21-24-15-4-2-3-5-17(15)26(18)21/h2-7,10,14,18H,8-9,11H2,1H3,(H,23,27)/t18-/m1/s1.